The van der Waals surface area contributed by atoms with Gasteiger partial charge in [-0.2, -0.15) is 0 Å². The van der Waals surface area contributed by atoms with Crippen molar-refractivity contribution in [3.8, 4) is 0 Å². The zero-order chi connectivity index (χ0) is 14.1. The molecule has 3 aromatic rings. The van der Waals surface area contributed by atoms with E-state index in [2.05, 4.69) is 10.3 Å². The molecule has 0 unspecified atom stereocenters. The summed E-state index contributed by atoms with van der Waals surface area (Å²) < 4.78 is 13.1. The molecule has 2 aromatic carbocycles. The second kappa shape index (κ2) is 4.98. The summed E-state index contributed by atoms with van der Waals surface area (Å²) in [5.41, 5.74) is 1.68. The lowest BCUT2D eigenvalue weighted by atomic mass is 10.2. The Hall–Kier alpha value is -2.33. The number of hydrogen-bond donors (Lipinski definition) is 2. The minimum atomic E-state index is -0.335. The van der Waals surface area contributed by atoms with Crippen molar-refractivity contribution in [1.82, 2.24) is 4.98 Å². The van der Waals surface area contributed by atoms with Gasteiger partial charge < -0.3 is 10.3 Å². The zero-order valence-corrected chi connectivity index (χ0v) is 11.0. The Morgan fingerprint density at radius 1 is 1.15 bits per heavy atom. The van der Waals surface area contributed by atoms with Gasteiger partial charge >= 0.3 is 0 Å². The van der Waals surface area contributed by atoms with E-state index >= 15 is 0 Å². The second-order valence-electron chi connectivity index (χ2n) is 4.38. The number of anilines is 1. The Balaban J connectivity index is 1.88. The number of rotatable bonds is 2. The Bertz CT molecular complexity index is 797. The van der Waals surface area contributed by atoms with Crippen molar-refractivity contribution in [3.05, 3.63) is 65.1 Å². The maximum absolute atomic E-state index is 13.1. The summed E-state index contributed by atoms with van der Waals surface area (Å²) in [5.74, 6) is -0.637. The van der Waals surface area contributed by atoms with Crippen molar-refractivity contribution in [3.63, 3.8) is 0 Å². The average molecular weight is 289 g/mol. The Kier molecular flexibility index (Phi) is 3.16. The molecule has 0 saturated carbocycles. The first-order valence-electron chi connectivity index (χ1n) is 5.97. The van der Waals surface area contributed by atoms with Gasteiger partial charge in [0, 0.05) is 21.6 Å². The molecule has 0 aliphatic carbocycles. The van der Waals surface area contributed by atoms with Crippen molar-refractivity contribution in [1.29, 1.82) is 0 Å². The van der Waals surface area contributed by atoms with E-state index in [4.69, 9.17) is 11.6 Å². The van der Waals surface area contributed by atoms with E-state index in [1.165, 1.54) is 12.1 Å². The zero-order valence-electron chi connectivity index (χ0n) is 10.3. The summed E-state index contributed by atoms with van der Waals surface area (Å²) in [5, 5.41) is 3.92. The molecule has 0 atom stereocenters. The van der Waals surface area contributed by atoms with Crippen LogP contribution in [0, 0.1) is 5.82 Å². The fraction of sp³-hybridized carbons (Fsp3) is 0. The van der Waals surface area contributed by atoms with Gasteiger partial charge in [0.15, 0.2) is 0 Å². The molecule has 1 amide bonds. The van der Waals surface area contributed by atoms with Gasteiger partial charge in [-0.25, -0.2) is 4.39 Å². The van der Waals surface area contributed by atoms with Crippen molar-refractivity contribution < 1.29 is 9.18 Å². The first-order chi connectivity index (χ1) is 9.61. The van der Waals surface area contributed by atoms with Gasteiger partial charge in [-0.15, -0.1) is 0 Å². The van der Waals surface area contributed by atoms with E-state index in [1.807, 2.05) is 0 Å². The maximum atomic E-state index is 13.1. The van der Waals surface area contributed by atoms with Crippen LogP contribution in [0.25, 0.3) is 10.9 Å². The highest BCUT2D eigenvalue weighted by molar-refractivity contribution is 6.31. The number of nitrogens with one attached hydrogen (secondary N) is 2. The molecule has 5 heteroatoms. The van der Waals surface area contributed by atoms with E-state index < -0.39 is 0 Å². The lowest BCUT2D eigenvalue weighted by Crippen LogP contribution is -2.11. The van der Waals surface area contributed by atoms with Crippen LogP contribution >= 0.6 is 11.6 Å². The number of benzene rings is 2. The molecule has 3 nitrogen and oxygen atoms in total. The number of hydrogen-bond acceptors (Lipinski definition) is 1. The summed E-state index contributed by atoms with van der Waals surface area (Å²) in [4.78, 5) is 15.0. The van der Waals surface area contributed by atoms with Crippen LogP contribution in [-0.2, 0) is 0 Å². The normalized spacial score (nSPS) is 10.7. The van der Waals surface area contributed by atoms with Gasteiger partial charge in [0.25, 0.3) is 5.91 Å². The number of aromatic amines is 1. The van der Waals surface area contributed by atoms with Crippen molar-refractivity contribution in [2.24, 2.45) is 0 Å². The number of H-pyrrole nitrogens is 1. The standard InChI is InChI=1S/C15H10ClFN2O/c16-10-2-1-3-12(8-10)18-15(20)14-7-9-6-11(17)4-5-13(9)19-14/h1-8,19H,(H,18,20). The molecule has 0 radical (unpaired) electrons. The highest BCUT2D eigenvalue weighted by atomic mass is 35.5. The highest BCUT2D eigenvalue weighted by Gasteiger charge is 2.10. The van der Waals surface area contributed by atoms with Gasteiger partial charge in [0.05, 0.1) is 0 Å². The molecule has 1 aromatic heterocycles. The summed E-state index contributed by atoms with van der Waals surface area (Å²) in [6.07, 6.45) is 0. The molecule has 0 spiro atoms. The van der Waals surface area contributed by atoms with Gasteiger partial charge in [-0.05, 0) is 42.5 Å². The van der Waals surface area contributed by atoms with E-state index in [-0.39, 0.29) is 11.7 Å². The molecule has 0 aliphatic rings. The number of amides is 1. The summed E-state index contributed by atoms with van der Waals surface area (Å²) >= 11 is 5.86. The van der Waals surface area contributed by atoms with Gasteiger partial charge in [0.1, 0.15) is 11.5 Å². The smallest absolute Gasteiger partial charge is 0.272 e. The quantitative estimate of drug-likeness (QED) is 0.729. The average Bonchev–Trinajstić information content (AvgIpc) is 2.81. The molecule has 0 saturated heterocycles. The van der Waals surface area contributed by atoms with Crippen LogP contribution in [-0.4, -0.2) is 10.9 Å². The SMILES string of the molecule is O=C(Nc1cccc(Cl)c1)c1cc2cc(F)ccc2[nH]1. The topological polar surface area (TPSA) is 44.9 Å². The number of halogens is 2. The fourth-order valence-corrected chi connectivity index (χ4v) is 2.18. The largest absolute Gasteiger partial charge is 0.351 e. The van der Waals surface area contributed by atoms with Crippen LogP contribution in [0.4, 0.5) is 10.1 Å². The molecule has 1 heterocycles. The summed E-state index contributed by atoms with van der Waals surface area (Å²) in [6.45, 7) is 0. The lowest BCUT2D eigenvalue weighted by Gasteiger charge is -2.03. The van der Waals surface area contributed by atoms with Gasteiger partial charge in [-0.1, -0.05) is 17.7 Å². The van der Waals surface area contributed by atoms with E-state index in [0.29, 0.717) is 27.3 Å². The molecule has 0 aliphatic heterocycles. The third-order valence-electron chi connectivity index (χ3n) is 2.91. The van der Waals surface area contributed by atoms with Crippen molar-refractivity contribution in [2.45, 2.75) is 0 Å². The van der Waals surface area contributed by atoms with Crippen molar-refractivity contribution >= 4 is 34.1 Å². The first-order valence-corrected chi connectivity index (χ1v) is 6.35. The molecule has 100 valence electrons. The first kappa shape index (κ1) is 12.7. The third-order valence-corrected chi connectivity index (χ3v) is 3.14. The van der Waals surface area contributed by atoms with Gasteiger partial charge in [-0.3, -0.25) is 4.79 Å². The molecular formula is C15H10ClFN2O. The van der Waals surface area contributed by atoms with E-state index in [9.17, 15) is 9.18 Å². The minimum absolute atomic E-state index is 0.302. The van der Waals surface area contributed by atoms with Crippen LogP contribution < -0.4 is 5.32 Å². The molecule has 3 rings (SSSR count). The summed E-state index contributed by atoms with van der Waals surface area (Å²) in [6, 6.07) is 12.8. The second-order valence-corrected chi connectivity index (χ2v) is 4.82. The predicted molar refractivity (Wildman–Crippen MR) is 77.7 cm³/mol. The number of fused-ring (bicyclic) bond motifs is 1. The number of carbonyl (C=O) groups excluding carboxylic acids is 1. The fourth-order valence-electron chi connectivity index (χ4n) is 1.99. The number of aromatic nitrogens is 1. The van der Waals surface area contributed by atoms with Gasteiger partial charge in [0.2, 0.25) is 0 Å². The molecular weight excluding hydrogens is 279 g/mol. The third kappa shape index (κ3) is 2.51. The molecule has 0 bridgehead atoms. The summed E-state index contributed by atoms with van der Waals surface area (Å²) in [7, 11) is 0. The van der Waals surface area contributed by atoms with E-state index in [1.54, 1.807) is 36.4 Å². The molecule has 20 heavy (non-hydrogen) atoms. The van der Waals surface area contributed by atoms with Crippen LogP contribution in [0.1, 0.15) is 10.5 Å². The minimum Gasteiger partial charge on any atom is -0.351 e. The maximum Gasteiger partial charge on any atom is 0.272 e. The Labute approximate surface area is 119 Å². The van der Waals surface area contributed by atoms with Crippen molar-refractivity contribution in [2.75, 3.05) is 5.32 Å². The Morgan fingerprint density at radius 3 is 2.80 bits per heavy atom. The number of carbonyl (C=O) groups is 1. The lowest BCUT2D eigenvalue weighted by molar-refractivity contribution is 0.102. The Morgan fingerprint density at radius 2 is 2.00 bits per heavy atom. The van der Waals surface area contributed by atoms with Crippen LogP contribution in [0.15, 0.2) is 48.5 Å². The molecule has 0 fully saturated rings. The van der Waals surface area contributed by atoms with Crippen LogP contribution in [0.2, 0.25) is 5.02 Å². The predicted octanol–water partition coefficient (Wildman–Crippen LogP) is 4.21. The van der Waals surface area contributed by atoms with Crippen LogP contribution in [0.3, 0.4) is 0 Å². The highest BCUT2D eigenvalue weighted by Crippen LogP contribution is 2.19. The van der Waals surface area contributed by atoms with Crippen LogP contribution in [0.5, 0.6) is 0 Å². The van der Waals surface area contributed by atoms with E-state index in [0.717, 1.165) is 0 Å². The monoisotopic (exact) mass is 288 g/mol. The molecule has 2 N–H and O–H groups in total.